The van der Waals surface area contributed by atoms with Crippen molar-refractivity contribution in [2.45, 2.75) is 0 Å². The lowest BCUT2D eigenvalue weighted by Gasteiger charge is -2.18. The summed E-state index contributed by atoms with van der Waals surface area (Å²) in [5.41, 5.74) is 0.597. The Bertz CT molecular complexity index is 651. The summed E-state index contributed by atoms with van der Waals surface area (Å²) in [4.78, 5) is 13.1. The molecule has 0 aliphatic carbocycles. The predicted molar refractivity (Wildman–Crippen MR) is 80.6 cm³/mol. The molecule has 1 aliphatic heterocycles. The van der Waals surface area contributed by atoms with E-state index in [4.69, 9.17) is 9.47 Å². The zero-order valence-corrected chi connectivity index (χ0v) is 13.6. The summed E-state index contributed by atoms with van der Waals surface area (Å²) in [6, 6.07) is 5.27. The standard InChI is InChI=1S/C13H8Br2O3S/c14-8-6-19-13(11(8)15)12(16)7-1-2-9-10(5-7)18-4-3-17-9/h1-2,5-6H,3-4H2. The molecule has 2 heterocycles. The minimum absolute atomic E-state index is 0.0282. The van der Waals surface area contributed by atoms with Crippen molar-refractivity contribution in [1.29, 1.82) is 0 Å². The number of rotatable bonds is 2. The Morgan fingerprint density at radius 3 is 2.58 bits per heavy atom. The molecule has 0 fully saturated rings. The first-order chi connectivity index (χ1) is 9.16. The SMILES string of the molecule is O=C(c1ccc2c(c1)OCCO2)c1scc(Br)c1Br. The number of carbonyl (C=O) groups is 1. The predicted octanol–water partition coefficient (Wildman–Crippen LogP) is 4.28. The average Bonchev–Trinajstić information content (AvgIpc) is 2.78. The third-order valence-electron chi connectivity index (χ3n) is 2.70. The molecule has 98 valence electrons. The Hall–Kier alpha value is -0.850. The van der Waals surface area contributed by atoms with Crippen LogP contribution >= 0.6 is 43.2 Å². The van der Waals surface area contributed by atoms with Gasteiger partial charge in [-0.25, -0.2) is 0 Å². The van der Waals surface area contributed by atoms with Crippen LogP contribution in [-0.2, 0) is 0 Å². The van der Waals surface area contributed by atoms with Crippen molar-refractivity contribution >= 4 is 49.0 Å². The van der Waals surface area contributed by atoms with E-state index in [0.717, 1.165) is 8.95 Å². The number of hydrogen-bond acceptors (Lipinski definition) is 4. The molecule has 3 nitrogen and oxygen atoms in total. The number of carbonyl (C=O) groups excluding carboxylic acids is 1. The topological polar surface area (TPSA) is 35.5 Å². The lowest BCUT2D eigenvalue weighted by Crippen LogP contribution is -2.15. The van der Waals surface area contributed by atoms with Gasteiger partial charge in [-0.05, 0) is 50.1 Å². The van der Waals surface area contributed by atoms with Crippen LogP contribution in [-0.4, -0.2) is 19.0 Å². The van der Waals surface area contributed by atoms with Crippen molar-refractivity contribution in [2.75, 3.05) is 13.2 Å². The first kappa shape index (κ1) is 13.1. The molecule has 0 N–H and O–H groups in total. The maximum atomic E-state index is 12.4. The van der Waals surface area contributed by atoms with Gasteiger partial charge in [-0.15, -0.1) is 11.3 Å². The van der Waals surface area contributed by atoms with Crippen LogP contribution in [0.25, 0.3) is 0 Å². The molecule has 0 unspecified atom stereocenters. The molecule has 1 aromatic carbocycles. The van der Waals surface area contributed by atoms with Gasteiger partial charge in [0.05, 0.1) is 9.35 Å². The van der Waals surface area contributed by atoms with Crippen molar-refractivity contribution < 1.29 is 14.3 Å². The lowest BCUT2D eigenvalue weighted by atomic mass is 10.1. The molecule has 0 spiro atoms. The van der Waals surface area contributed by atoms with Crippen LogP contribution in [0.4, 0.5) is 0 Å². The fraction of sp³-hybridized carbons (Fsp3) is 0.154. The minimum atomic E-state index is -0.0282. The van der Waals surface area contributed by atoms with Crippen molar-refractivity contribution in [3.63, 3.8) is 0 Å². The highest BCUT2D eigenvalue weighted by molar-refractivity contribution is 9.13. The third kappa shape index (κ3) is 2.44. The van der Waals surface area contributed by atoms with E-state index in [1.807, 2.05) is 5.38 Å². The molecular weight excluding hydrogens is 396 g/mol. The van der Waals surface area contributed by atoms with Gasteiger partial charge >= 0.3 is 0 Å². The quantitative estimate of drug-likeness (QED) is 0.702. The molecule has 0 atom stereocenters. The summed E-state index contributed by atoms with van der Waals surface area (Å²) in [7, 11) is 0. The number of benzene rings is 1. The first-order valence-corrected chi connectivity index (χ1v) is 8.00. The van der Waals surface area contributed by atoms with Crippen molar-refractivity contribution in [3.05, 3.63) is 43.0 Å². The van der Waals surface area contributed by atoms with Crippen LogP contribution in [0.3, 0.4) is 0 Å². The van der Waals surface area contributed by atoms with Crippen LogP contribution < -0.4 is 9.47 Å². The number of fused-ring (bicyclic) bond motifs is 1. The zero-order valence-electron chi connectivity index (χ0n) is 9.61. The van der Waals surface area contributed by atoms with Gasteiger partial charge < -0.3 is 9.47 Å². The molecule has 0 saturated heterocycles. The highest BCUT2D eigenvalue weighted by Gasteiger charge is 2.19. The summed E-state index contributed by atoms with van der Waals surface area (Å²) < 4.78 is 12.6. The molecule has 0 amide bonds. The second-order valence-corrected chi connectivity index (χ2v) is 6.44. The molecule has 0 bridgehead atoms. The van der Waals surface area contributed by atoms with Crippen LogP contribution in [0.1, 0.15) is 15.2 Å². The van der Waals surface area contributed by atoms with E-state index >= 15 is 0 Å². The smallest absolute Gasteiger partial charge is 0.204 e. The molecule has 1 aliphatic rings. The molecule has 1 aromatic heterocycles. The van der Waals surface area contributed by atoms with E-state index in [1.54, 1.807) is 18.2 Å². The second kappa shape index (κ2) is 5.26. The van der Waals surface area contributed by atoms with Crippen LogP contribution in [0, 0.1) is 0 Å². The molecule has 19 heavy (non-hydrogen) atoms. The van der Waals surface area contributed by atoms with Crippen molar-refractivity contribution in [3.8, 4) is 11.5 Å². The summed E-state index contributed by atoms with van der Waals surface area (Å²) in [5.74, 6) is 1.29. The van der Waals surface area contributed by atoms with Crippen LogP contribution in [0.2, 0.25) is 0 Å². The van der Waals surface area contributed by atoms with E-state index in [0.29, 0.717) is 35.2 Å². The van der Waals surface area contributed by atoms with Gasteiger partial charge in [0, 0.05) is 15.4 Å². The number of ketones is 1. The first-order valence-electron chi connectivity index (χ1n) is 5.53. The Balaban J connectivity index is 1.98. The van der Waals surface area contributed by atoms with Gasteiger partial charge in [-0.2, -0.15) is 0 Å². The summed E-state index contributed by atoms with van der Waals surface area (Å²) in [6.07, 6.45) is 0. The second-order valence-electron chi connectivity index (χ2n) is 3.91. The maximum Gasteiger partial charge on any atom is 0.204 e. The number of thiophene rings is 1. The highest BCUT2D eigenvalue weighted by atomic mass is 79.9. The highest BCUT2D eigenvalue weighted by Crippen LogP contribution is 2.36. The maximum absolute atomic E-state index is 12.4. The average molecular weight is 404 g/mol. The van der Waals surface area contributed by atoms with Crippen molar-refractivity contribution in [1.82, 2.24) is 0 Å². The fourth-order valence-electron chi connectivity index (χ4n) is 1.79. The summed E-state index contributed by atoms with van der Waals surface area (Å²) in [5, 5.41) is 1.88. The van der Waals surface area contributed by atoms with Crippen molar-refractivity contribution in [2.24, 2.45) is 0 Å². The van der Waals surface area contributed by atoms with E-state index in [1.165, 1.54) is 11.3 Å². The van der Waals surface area contributed by atoms with Gasteiger partial charge in [0.25, 0.3) is 0 Å². The third-order valence-corrected chi connectivity index (χ3v) is 6.23. The molecule has 0 saturated carbocycles. The monoisotopic (exact) mass is 402 g/mol. The summed E-state index contributed by atoms with van der Waals surface area (Å²) >= 11 is 8.19. The number of hydrogen-bond donors (Lipinski definition) is 0. The van der Waals surface area contributed by atoms with Crippen LogP contribution in [0.15, 0.2) is 32.5 Å². The normalized spacial score (nSPS) is 13.4. The molecule has 3 rings (SSSR count). The lowest BCUT2D eigenvalue weighted by molar-refractivity contribution is 0.104. The Morgan fingerprint density at radius 2 is 1.89 bits per heavy atom. The molecular formula is C13H8Br2O3S. The Kier molecular flexibility index (Phi) is 3.64. The number of ether oxygens (including phenoxy) is 2. The van der Waals surface area contributed by atoms with E-state index in [-0.39, 0.29) is 5.78 Å². The van der Waals surface area contributed by atoms with Gasteiger partial charge in [0.2, 0.25) is 5.78 Å². The van der Waals surface area contributed by atoms with Gasteiger partial charge in [0.1, 0.15) is 13.2 Å². The summed E-state index contributed by atoms with van der Waals surface area (Å²) in [6.45, 7) is 1.06. The molecule has 6 heteroatoms. The van der Waals surface area contributed by atoms with E-state index in [9.17, 15) is 4.79 Å². The van der Waals surface area contributed by atoms with Gasteiger partial charge in [-0.3, -0.25) is 4.79 Å². The molecule has 2 aromatic rings. The van der Waals surface area contributed by atoms with E-state index < -0.39 is 0 Å². The van der Waals surface area contributed by atoms with Crippen LogP contribution in [0.5, 0.6) is 11.5 Å². The largest absolute Gasteiger partial charge is 0.486 e. The minimum Gasteiger partial charge on any atom is -0.486 e. The number of halogens is 2. The Morgan fingerprint density at radius 1 is 1.16 bits per heavy atom. The fourth-order valence-corrected chi connectivity index (χ4v) is 3.91. The zero-order chi connectivity index (χ0) is 13.4. The van der Waals surface area contributed by atoms with Gasteiger partial charge in [-0.1, -0.05) is 0 Å². The molecule has 0 radical (unpaired) electrons. The van der Waals surface area contributed by atoms with Gasteiger partial charge in [0.15, 0.2) is 11.5 Å². The Labute approximate surface area is 130 Å². The van der Waals surface area contributed by atoms with E-state index in [2.05, 4.69) is 31.9 Å².